The van der Waals surface area contributed by atoms with Gasteiger partial charge in [0.05, 0.1) is 6.04 Å². The van der Waals surface area contributed by atoms with Crippen molar-refractivity contribution >= 4 is 22.7 Å². The van der Waals surface area contributed by atoms with Crippen molar-refractivity contribution in [1.82, 2.24) is 10.2 Å². The van der Waals surface area contributed by atoms with Gasteiger partial charge in [-0.25, -0.2) is 0 Å². The second kappa shape index (κ2) is 8.69. The van der Waals surface area contributed by atoms with Crippen LogP contribution in [0.2, 0.25) is 0 Å². The van der Waals surface area contributed by atoms with E-state index in [9.17, 15) is 0 Å². The van der Waals surface area contributed by atoms with E-state index in [0.29, 0.717) is 12.1 Å². The topological polar surface area (TPSA) is 15.3 Å². The monoisotopic (exact) mass is 322 g/mol. The van der Waals surface area contributed by atoms with Crippen LogP contribution in [0.15, 0.2) is 35.0 Å². The lowest BCUT2D eigenvalue weighted by Crippen LogP contribution is -2.28. The molecule has 0 atom stereocenters. The highest BCUT2D eigenvalue weighted by atomic mass is 32.1. The van der Waals surface area contributed by atoms with Gasteiger partial charge in [-0.1, -0.05) is 12.1 Å². The maximum absolute atomic E-state index is 3.73. The molecule has 21 heavy (non-hydrogen) atoms. The SMILES string of the molecule is CC(C)N(C)CCCCNC(c1cccs1)c1cccs1. The van der Waals surface area contributed by atoms with Crippen LogP contribution in [0.1, 0.15) is 42.5 Å². The molecule has 0 unspecified atom stereocenters. The van der Waals surface area contributed by atoms with Gasteiger partial charge >= 0.3 is 0 Å². The van der Waals surface area contributed by atoms with Crippen LogP contribution in [-0.4, -0.2) is 31.1 Å². The third-order valence-electron chi connectivity index (χ3n) is 3.82. The summed E-state index contributed by atoms with van der Waals surface area (Å²) in [5.74, 6) is 0. The van der Waals surface area contributed by atoms with Gasteiger partial charge in [0.15, 0.2) is 0 Å². The van der Waals surface area contributed by atoms with Crippen molar-refractivity contribution in [3.05, 3.63) is 44.8 Å². The fourth-order valence-corrected chi connectivity index (χ4v) is 3.95. The minimum atomic E-state index is 0.368. The van der Waals surface area contributed by atoms with Crippen LogP contribution in [0.3, 0.4) is 0 Å². The molecule has 0 spiro atoms. The van der Waals surface area contributed by atoms with Crippen molar-refractivity contribution in [3.63, 3.8) is 0 Å². The predicted octanol–water partition coefficient (Wildman–Crippen LogP) is 4.61. The first kappa shape index (κ1) is 16.7. The molecule has 0 aliphatic heterocycles. The highest BCUT2D eigenvalue weighted by Gasteiger charge is 2.15. The van der Waals surface area contributed by atoms with Crippen LogP contribution in [0.4, 0.5) is 0 Å². The molecule has 0 amide bonds. The predicted molar refractivity (Wildman–Crippen MR) is 95.5 cm³/mol. The van der Waals surface area contributed by atoms with Crippen LogP contribution >= 0.6 is 22.7 Å². The van der Waals surface area contributed by atoms with Gasteiger partial charge in [0, 0.05) is 15.8 Å². The molecule has 0 bridgehead atoms. The van der Waals surface area contributed by atoms with Crippen molar-refractivity contribution in [3.8, 4) is 0 Å². The zero-order chi connectivity index (χ0) is 15.1. The highest BCUT2D eigenvalue weighted by Crippen LogP contribution is 2.29. The van der Waals surface area contributed by atoms with E-state index in [4.69, 9.17) is 0 Å². The van der Waals surface area contributed by atoms with E-state index < -0.39 is 0 Å². The quantitative estimate of drug-likeness (QED) is 0.678. The van der Waals surface area contributed by atoms with Crippen molar-refractivity contribution in [2.45, 2.75) is 38.8 Å². The molecule has 2 heterocycles. The first-order valence-electron chi connectivity index (χ1n) is 7.69. The third-order valence-corrected chi connectivity index (χ3v) is 5.70. The number of hydrogen-bond donors (Lipinski definition) is 1. The third kappa shape index (κ3) is 5.22. The number of hydrogen-bond acceptors (Lipinski definition) is 4. The molecule has 1 N–H and O–H groups in total. The Morgan fingerprint density at radius 1 is 1.05 bits per heavy atom. The van der Waals surface area contributed by atoms with Crippen molar-refractivity contribution in [1.29, 1.82) is 0 Å². The number of unbranched alkanes of at least 4 members (excludes halogenated alkanes) is 1. The Morgan fingerprint density at radius 2 is 1.67 bits per heavy atom. The average Bonchev–Trinajstić information content (AvgIpc) is 3.15. The molecule has 0 saturated heterocycles. The Bertz CT molecular complexity index is 443. The van der Waals surface area contributed by atoms with Crippen molar-refractivity contribution in [2.24, 2.45) is 0 Å². The Balaban J connectivity index is 1.79. The first-order chi connectivity index (χ1) is 10.2. The second-order valence-corrected chi connectivity index (χ2v) is 7.66. The van der Waals surface area contributed by atoms with Gasteiger partial charge < -0.3 is 10.2 Å². The van der Waals surface area contributed by atoms with Crippen LogP contribution < -0.4 is 5.32 Å². The molecule has 2 nitrogen and oxygen atoms in total. The van der Waals surface area contributed by atoms with Gasteiger partial charge in [0.2, 0.25) is 0 Å². The van der Waals surface area contributed by atoms with E-state index in [1.807, 2.05) is 22.7 Å². The number of nitrogens with one attached hydrogen (secondary N) is 1. The van der Waals surface area contributed by atoms with Crippen molar-refractivity contribution in [2.75, 3.05) is 20.1 Å². The zero-order valence-corrected chi connectivity index (χ0v) is 14.8. The van der Waals surface area contributed by atoms with Crippen molar-refractivity contribution < 1.29 is 0 Å². The molecule has 0 fully saturated rings. The van der Waals surface area contributed by atoms with E-state index in [1.54, 1.807) is 0 Å². The molecule has 0 aliphatic rings. The lowest BCUT2D eigenvalue weighted by molar-refractivity contribution is 0.267. The molecule has 0 saturated carbocycles. The zero-order valence-electron chi connectivity index (χ0n) is 13.2. The summed E-state index contributed by atoms with van der Waals surface area (Å²) in [7, 11) is 2.21. The van der Waals surface area contributed by atoms with Gasteiger partial charge in [0.1, 0.15) is 0 Å². The van der Waals surface area contributed by atoms with Crippen LogP contribution in [-0.2, 0) is 0 Å². The Morgan fingerprint density at radius 3 is 2.14 bits per heavy atom. The average molecular weight is 323 g/mol. The van der Waals surface area contributed by atoms with E-state index in [2.05, 4.69) is 66.1 Å². The number of thiophene rings is 2. The van der Waals surface area contributed by atoms with Gasteiger partial charge in [-0.15, -0.1) is 22.7 Å². The van der Waals surface area contributed by atoms with Crippen LogP contribution in [0.25, 0.3) is 0 Å². The smallest absolute Gasteiger partial charge is 0.0764 e. The largest absolute Gasteiger partial charge is 0.305 e. The molecule has 4 heteroatoms. The Kier molecular flexibility index (Phi) is 6.90. The Hall–Kier alpha value is -0.680. The Labute approximate surface area is 136 Å². The number of nitrogens with zero attached hydrogens (tertiary/aromatic N) is 1. The summed E-state index contributed by atoms with van der Waals surface area (Å²) in [6, 6.07) is 9.75. The van der Waals surface area contributed by atoms with Crippen LogP contribution in [0.5, 0.6) is 0 Å². The van der Waals surface area contributed by atoms with E-state index in [1.165, 1.54) is 29.1 Å². The summed E-state index contributed by atoms with van der Waals surface area (Å²) in [5.41, 5.74) is 0. The molecule has 2 aromatic heterocycles. The van der Waals surface area contributed by atoms with E-state index in [0.717, 1.165) is 6.54 Å². The summed E-state index contributed by atoms with van der Waals surface area (Å²) < 4.78 is 0. The molecule has 0 radical (unpaired) electrons. The highest BCUT2D eigenvalue weighted by molar-refractivity contribution is 7.11. The molecule has 0 aromatic carbocycles. The standard InChI is InChI=1S/C17H26N2S2/c1-14(2)19(3)11-5-4-10-18-17(15-8-6-12-20-15)16-9-7-13-21-16/h6-9,12-14,17-18H,4-5,10-11H2,1-3H3. The summed E-state index contributed by atoms with van der Waals surface area (Å²) in [4.78, 5) is 5.24. The van der Waals surface area contributed by atoms with Gasteiger partial charge in [-0.05, 0) is 69.7 Å². The summed E-state index contributed by atoms with van der Waals surface area (Å²) in [6.07, 6.45) is 2.48. The lowest BCUT2D eigenvalue weighted by Gasteiger charge is -2.21. The van der Waals surface area contributed by atoms with Gasteiger partial charge in [0.25, 0.3) is 0 Å². The van der Waals surface area contributed by atoms with E-state index in [-0.39, 0.29) is 0 Å². The summed E-state index contributed by atoms with van der Waals surface area (Å²) in [6.45, 7) is 6.76. The van der Waals surface area contributed by atoms with Gasteiger partial charge in [-0.3, -0.25) is 0 Å². The summed E-state index contributed by atoms with van der Waals surface area (Å²) >= 11 is 3.68. The number of rotatable bonds is 9. The molecule has 116 valence electrons. The fourth-order valence-electron chi connectivity index (χ4n) is 2.24. The maximum atomic E-state index is 3.73. The van der Waals surface area contributed by atoms with Gasteiger partial charge in [-0.2, -0.15) is 0 Å². The molecule has 2 rings (SSSR count). The maximum Gasteiger partial charge on any atom is 0.0764 e. The second-order valence-electron chi connectivity index (χ2n) is 5.70. The molecular formula is C17H26N2S2. The van der Waals surface area contributed by atoms with Crippen LogP contribution in [0, 0.1) is 0 Å². The molecular weight excluding hydrogens is 296 g/mol. The normalized spacial score (nSPS) is 11.9. The minimum Gasteiger partial charge on any atom is -0.305 e. The fraction of sp³-hybridized carbons (Fsp3) is 0.529. The molecule has 0 aliphatic carbocycles. The molecule has 2 aromatic rings. The lowest BCUT2D eigenvalue weighted by atomic mass is 10.2. The minimum absolute atomic E-state index is 0.368. The summed E-state index contributed by atoms with van der Waals surface area (Å²) in [5, 5.41) is 8.05. The van der Waals surface area contributed by atoms with E-state index >= 15 is 0 Å². The first-order valence-corrected chi connectivity index (χ1v) is 9.45.